The molecule has 0 aliphatic heterocycles. The molecule has 0 aromatic heterocycles. The molecule has 4 heteroatoms. The normalized spacial score (nSPS) is 11.9. The fraction of sp³-hybridized carbons (Fsp3) is 0.200. The second kappa shape index (κ2) is 6.11. The number of nitrogens with one attached hydrogen (secondary N) is 1. The predicted octanol–water partition coefficient (Wildman–Crippen LogP) is 2.55. The molecule has 2 rings (SSSR count). The second-order valence-corrected chi connectivity index (χ2v) is 4.20. The number of phenolic OH excluding ortho intramolecular Hbond substituents is 1. The molecule has 0 heterocycles. The number of aromatic hydroxyl groups is 1. The summed E-state index contributed by atoms with van der Waals surface area (Å²) >= 11 is 0. The molecule has 1 unspecified atom stereocenters. The van der Waals surface area contributed by atoms with Crippen LogP contribution in [0.15, 0.2) is 48.5 Å². The first-order valence-electron chi connectivity index (χ1n) is 6.03. The Labute approximate surface area is 112 Å². The summed E-state index contributed by atoms with van der Waals surface area (Å²) in [5.74, 6) is 0.968. The number of methoxy groups -OCH3 is 1. The smallest absolute Gasteiger partial charge is 0.119 e. The summed E-state index contributed by atoms with van der Waals surface area (Å²) in [5, 5.41) is 22.1. The first-order valence-corrected chi connectivity index (χ1v) is 6.03. The van der Waals surface area contributed by atoms with Crippen molar-refractivity contribution < 1.29 is 14.9 Å². The maximum Gasteiger partial charge on any atom is 0.119 e. The van der Waals surface area contributed by atoms with Gasteiger partial charge in [0.05, 0.1) is 19.8 Å². The van der Waals surface area contributed by atoms with Crippen molar-refractivity contribution >= 4 is 5.69 Å². The van der Waals surface area contributed by atoms with Crippen LogP contribution in [0.2, 0.25) is 0 Å². The van der Waals surface area contributed by atoms with Gasteiger partial charge in [0.25, 0.3) is 0 Å². The molecule has 0 aliphatic rings. The summed E-state index contributed by atoms with van der Waals surface area (Å²) < 4.78 is 5.09. The fourth-order valence-electron chi connectivity index (χ4n) is 1.86. The molecule has 2 aromatic rings. The van der Waals surface area contributed by atoms with Crippen LogP contribution in [0.4, 0.5) is 5.69 Å². The van der Waals surface area contributed by atoms with Crippen LogP contribution < -0.4 is 10.1 Å². The van der Waals surface area contributed by atoms with Crippen LogP contribution in [0.5, 0.6) is 11.5 Å². The third-order valence-electron chi connectivity index (χ3n) is 2.89. The molecule has 0 fully saturated rings. The molecule has 0 aliphatic carbocycles. The van der Waals surface area contributed by atoms with Gasteiger partial charge in [-0.1, -0.05) is 12.1 Å². The number of anilines is 1. The minimum Gasteiger partial charge on any atom is -0.508 e. The van der Waals surface area contributed by atoms with E-state index in [9.17, 15) is 10.2 Å². The number of hydrogen-bond acceptors (Lipinski definition) is 4. The van der Waals surface area contributed by atoms with Crippen LogP contribution in [0, 0.1) is 0 Å². The van der Waals surface area contributed by atoms with Crippen LogP contribution in [0.1, 0.15) is 11.6 Å². The molecule has 0 bridgehead atoms. The van der Waals surface area contributed by atoms with Crippen molar-refractivity contribution in [2.75, 3.05) is 19.0 Å². The average molecular weight is 259 g/mol. The summed E-state index contributed by atoms with van der Waals surface area (Å²) in [6.07, 6.45) is 0. The Morgan fingerprint density at radius 1 is 1.16 bits per heavy atom. The first kappa shape index (κ1) is 13.2. The van der Waals surface area contributed by atoms with Crippen molar-refractivity contribution in [3.05, 3.63) is 54.1 Å². The molecular weight excluding hydrogens is 242 g/mol. The molecule has 3 N–H and O–H groups in total. The van der Waals surface area contributed by atoms with Gasteiger partial charge in [-0.05, 0) is 42.0 Å². The highest BCUT2D eigenvalue weighted by Crippen LogP contribution is 2.23. The van der Waals surface area contributed by atoms with Crippen molar-refractivity contribution in [2.45, 2.75) is 6.04 Å². The molecule has 0 saturated heterocycles. The Morgan fingerprint density at radius 2 is 1.89 bits per heavy atom. The molecular formula is C15H17NO3. The van der Waals surface area contributed by atoms with E-state index in [0.29, 0.717) is 0 Å². The van der Waals surface area contributed by atoms with Crippen LogP contribution in [0.25, 0.3) is 0 Å². The zero-order valence-electron chi connectivity index (χ0n) is 10.7. The van der Waals surface area contributed by atoms with Crippen LogP contribution in [-0.2, 0) is 0 Å². The number of hydrogen-bond donors (Lipinski definition) is 3. The zero-order valence-corrected chi connectivity index (χ0v) is 10.7. The third-order valence-corrected chi connectivity index (χ3v) is 2.89. The largest absolute Gasteiger partial charge is 0.508 e. The van der Waals surface area contributed by atoms with Gasteiger partial charge in [-0.2, -0.15) is 0 Å². The Morgan fingerprint density at radius 3 is 2.47 bits per heavy atom. The number of aliphatic hydroxyl groups is 1. The van der Waals surface area contributed by atoms with E-state index in [-0.39, 0.29) is 18.4 Å². The van der Waals surface area contributed by atoms with Gasteiger partial charge in [-0.3, -0.25) is 0 Å². The lowest BCUT2D eigenvalue weighted by atomic mass is 10.1. The Bertz CT molecular complexity index is 525. The fourth-order valence-corrected chi connectivity index (χ4v) is 1.86. The zero-order chi connectivity index (χ0) is 13.7. The molecule has 1 atom stereocenters. The minimum atomic E-state index is -0.263. The van der Waals surface area contributed by atoms with Crippen molar-refractivity contribution in [2.24, 2.45) is 0 Å². The number of ether oxygens (including phenoxy) is 1. The summed E-state index contributed by atoms with van der Waals surface area (Å²) in [7, 11) is 1.62. The molecule has 19 heavy (non-hydrogen) atoms. The van der Waals surface area contributed by atoms with E-state index in [1.54, 1.807) is 25.3 Å². The maximum atomic E-state index is 9.47. The van der Waals surface area contributed by atoms with E-state index in [4.69, 9.17) is 4.74 Å². The Hall–Kier alpha value is -2.20. The van der Waals surface area contributed by atoms with Crippen LogP contribution >= 0.6 is 0 Å². The van der Waals surface area contributed by atoms with Crippen molar-refractivity contribution in [3.63, 3.8) is 0 Å². The van der Waals surface area contributed by atoms with Gasteiger partial charge in [0.1, 0.15) is 11.5 Å². The van der Waals surface area contributed by atoms with Crippen LogP contribution in [0.3, 0.4) is 0 Å². The second-order valence-electron chi connectivity index (χ2n) is 4.20. The minimum absolute atomic E-state index is 0.0600. The van der Waals surface area contributed by atoms with E-state index in [1.807, 2.05) is 30.3 Å². The maximum absolute atomic E-state index is 9.47. The van der Waals surface area contributed by atoms with Gasteiger partial charge in [0, 0.05) is 5.69 Å². The van der Waals surface area contributed by atoms with E-state index in [1.165, 1.54) is 0 Å². The van der Waals surface area contributed by atoms with Gasteiger partial charge >= 0.3 is 0 Å². The quantitative estimate of drug-likeness (QED) is 0.772. The number of rotatable bonds is 5. The number of phenols is 1. The van der Waals surface area contributed by atoms with E-state index in [0.717, 1.165) is 17.0 Å². The van der Waals surface area contributed by atoms with Crippen molar-refractivity contribution in [1.29, 1.82) is 0 Å². The van der Waals surface area contributed by atoms with E-state index < -0.39 is 0 Å². The van der Waals surface area contributed by atoms with Gasteiger partial charge in [-0.15, -0.1) is 0 Å². The topological polar surface area (TPSA) is 61.7 Å². The number of aliphatic hydroxyl groups excluding tert-OH is 1. The summed E-state index contributed by atoms with van der Waals surface area (Å²) in [4.78, 5) is 0. The Kier molecular flexibility index (Phi) is 4.26. The molecule has 0 spiro atoms. The molecule has 4 nitrogen and oxygen atoms in total. The van der Waals surface area contributed by atoms with Crippen LogP contribution in [-0.4, -0.2) is 23.9 Å². The Balaban J connectivity index is 2.14. The van der Waals surface area contributed by atoms with Crippen molar-refractivity contribution in [1.82, 2.24) is 0 Å². The lowest BCUT2D eigenvalue weighted by Gasteiger charge is -2.18. The monoisotopic (exact) mass is 259 g/mol. The standard InChI is InChI=1S/C15H17NO3/c1-19-14-7-5-12(6-8-14)16-15(10-17)11-3-2-4-13(18)9-11/h2-9,15-18H,10H2,1H3. The van der Waals surface area contributed by atoms with E-state index in [2.05, 4.69) is 5.32 Å². The predicted molar refractivity (Wildman–Crippen MR) is 74.6 cm³/mol. The molecule has 0 radical (unpaired) electrons. The molecule has 2 aromatic carbocycles. The highest BCUT2D eigenvalue weighted by molar-refractivity contribution is 5.48. The SMILES string of the molecule is COc1ccc(NC(CO)c2cccc(O)c2)cc1. The summed E-state index contributed by atoms with van der Waals surface area (Å²) in [6, 6.07) is 14.0. The van der Waals surface area contributed by atoms with Gasteiger partial charge in [-0.25, -0.2) is 0 Å². The van der Waals surface area contributed by atoms with Gasteiger partial charge in [0.2, 0.25) is 0 Å². The summed E-state index contributed by atoms with van der Waals surface area (Å²) in [5.41, 5.74) is 1.71. The average Bonchev–Trinajstić information content (AvgIpc) is 2.45. The lowest BCUT2D eigenvalue weighted by molar-refractivity contribution is 0.276. The molecule has 0 amide bonds. The third kappa shape index (κ3) is 3.39. The van der Waals surface area contributed by atoms with Gasteiger partial charge in [0.15, 0.2) is 0 Å². The van der Waals surface area contributed by atoms with Gasteiger partial charge < -0.3 is 20.3 Å². The lowest BCUT2D eigenvalue weighted by Crippen LogP contribution is -2.14. The molecule has 0 saturated carbocycles. The highest BCUT2D eigenvalue weighted by Gasteiger charge is 2.10. The molecule has 100 valence electrons. The van der Waals surface area contributed by atoms with E-state index >= 15 is 0 Å². The van der Waals surface area contributed by atoms with Crippen molar-refractivity contribution in [3.8, 4) is 11.5 Å². The first-order chi connectivity index (χ1) is 9.22. The summed E-state index contributed by atoms with van der Waals surface area (Å²) in [6.45, 7) is -0.0600. The highest BCUT2D eigenvalue weighted by atomic mass is 16.5. The number of benzene rings is 2.